The molecule has 0 saturated heterocycles. The van der Waals surface area contributed by atoms with E-state index in [1.807, 2.05) is 25.1 Å². The summed E-state index contributed by atoms with van der Waals surface area (Å²) < 4.78 is 41.2. The summed E-state index contributed by atoms with van der Waals surface area (Å²) in [4.78, 5) is 12.8. The molecule has 0 aliphatic heterocycles. The number of aryl methyl sites for hydroxylation is 1. The lowest BCUT2D eigenvalue weighted by Crippen LogP contribution is -2.42. The van der Waals surface area contributed by atoms with Crippen molar-refractivity contribution in [3.05, 3.63) is 108 Å². The topological polar surface area (TPSA) is 66.5 Å². The summed E-state index contributed by atoms with van der Waals surface area (Å²) in [6.07, 6.45) is 0.775. The number of halogens is 1. The molecule has 1 amide bonds. The number of hydrogen-bond donors (Lipinski definition) is 1. The van der Waals surface area contributed by atoms with Gasteiger partial charge in [-0.3, -0.25) is 9.10 Å². The Morgan fingerprint density at radius 1 is 0.917 bits per heavy atom. The van der Waals surface area contributed by atoms with Crippen LogP contribution in [0.1, 0.15) is 18.1 Å². The smallest absolute Gasteiger partial charge is 0.264 e. The molecule has 0 aliphatic rings. The van der Waals surface area contributed by atoms with E-state index in [9.17, 15) is 17.6 Å². The fourth-order valence-corrected chi connectivity index (χ4v) is 5.57. The molecule has 0 saturated carbocycles. The first-order valence-electron chi connectivity index (χ1n) is 11.8. The van der Waals surface area contributed by atoms with Crippen molar-refractivity contribution in [2.24, 2.45) is 5.92 Å². The Kier molecular flexibility index (Phi) is 7.70. The minimum Gasteiger partial charge on any atom is -0.354 e. The SMILES string of the molecule is Cc1ccc(N(CC(=O)NCC(C)Cc2cccc3ccccc23)S(=O)(=O)c2ccc(F)cc2)cc1. The molecule has 5 nitrogen and oxygen atoms in total. The number of amides is 1. The van der Waals surface area contributed by atoms with Gasteiger partial charge >= 0.3 is 0 Å². The minimum absolute atomic E-state index is 0.0819. The summed E-state index contributed by atoms with van der Waals surface area (Å²) in [5.74, 6) is -0.805. The first-order valence-corrected chi connectivity index (χ1v) is 13.3. The number of nitrogens with one attached hydrogen (secondary N) is 1. The number of carbonyl (C=O) groups excluding carboxylic acids is 1. The maximum atomic E-state index is 13.4. The number of carbonyl (C=O) groups is 1. The lowest BCUT2D eigenvalue weighted by Gasteiger charge is -2.24. The zero-order chi connectivity index (χ0) is 25.7. The predicted molar refractivity (Wildman–Crippen MR) is 142 cm³/mol. The van der Waals surface area contributed by atoms with Gasteiger partial charge in [-0.1, -0.05) is 67.1 Å². The highest BCUT2D eigenvalue weighted by atomic mass is 32.2. The van der Waals surface area contributed by atoms with Crippen molar-refractivity contribution in [2.45, 2.75) is 25.2 Å². The fraction of sp³-hybridized carbons (Fsp3) is 0.207. The van der Waals surface area contributed by atoms with Crippen molar-refractivity contribution in [2.75, 3.05) is 17.4 Å². The molecule has 4 aromatic rings. The Labute approximate surface area is 211 Å². The number of sulfonamides is 1. The monoisotopic (exact) mass is 504 g/mol. The number of benzene rings is 4. The van der Waals surface area contributed by atoms with E-state index in [0.29, 0.717) is 12.2 Å². The van der Waals surface area contributed by atoms with E-state index in [4.69, 9.17) is 0 Å². The van der Waals surface area contributed by atoms with Gasteiger partial charge in [0.1, 0.15) is 12.4 Å². The lowest BCUT2D eigenvalue weighted by molar-refractivity contribution is -0.119. The molecule has 1 unspecified atom stereocenters. The third-order valence-corrected chi connectivity index (χ3v) is 7.89. The van der Waals surface area contributed by atoms with Gasteiger partial charge in [-0.05, 0) is 72.0 Å². The molecule has 36 heavy (non-hydrogen) atoms. The molecule has 7 heteroatoms. The first kappa shape index (κ1) is 25.4. The van der Waals surface area contributed by atoms with Crippen LogP contribution in [0, 0.1) is 18.7 Å². The average molecular weight is 505 g/mol. The van der Waals surface area contributed by atoms with Crippen molar-refractivity contribution in [1.82, 2.24) is 5.32 Å². The summed E-state index contributed by atoms with van der Waals surface area (Å²) >= 11 is 0. The Bertz CT molecular complexity index is 1450. The van der Waals surface area contributed by atoms with Crippen molar-refractivity contribution in [1.29, 1.82) is 0 Å². The lowest BCUT2D eigenvalue weighted by atomic mass is 9.96. The van der Waals surface area contributed by atoms with Crippen LogP contribution in [0.15, 0.2) is 95.9 Å². The molecular weight excluding hydrogens is 475 g/mol. The van der Waals surface area contributed by atoms with Gasteiger partial charge in [0.15, 0.2) is 0 Å². The highest BCUT2D eigenvalue weighted by Crippen LogP contribution is 2.25. The molecule has 186 valence electrons. The van der Waals surface area contributed by atoms with Gasteiger partial charge in [0.05, 0.1) is 10.6 Å². The molecule has 0 bridgehead atoms. The van der Waals surface area contributed by atoms with Crippen molar-refractivity contribution >= 4 is 32.4 Å². The van der Waals surface area contributed by atoms with Crippen LogP contribution >= 0.6 is 0 Å². The molecule has 0 aromatic heterocycles. The van der Waals surface area contributed by atoms with Crippen LogP contribution in [-0.4, -0.2) is 27.4 Å². The first-order chi connectivity index (χ1) is 17.2. The van der Waals surface area contributed by atoms with Gasteiger partial charge in [0, 0.05) is 6.54 Å². The zero-order valence-electron chi connectivity index (χ0n) is 20.3. The molecule has 0 radical (unpaired) electrons. The number of anilines is 1. The molecule has 0 fully saturated rings. The van der Waals surface area contributed by atoms with Gasteiger partial charge in [0.2, 0.25) is 5.91 Å². The van der Waals surface area contributed by atoms with Gasteiger partial charge in [0.25, 0.3) is 10.0 Å². The summed E-state index contributed by atoms with van der Waals surface area (Å²) in [5, 5.41) is 5.25. The van der Waals surface area contributed by atoms with Crippen molar-refractivity contribution in [3.63, 3.8) is 0 Å². The van der Waals surface area contributed by atoms with E-state index in [0.717, 1.165) is 28.4 Å². The molecule has 1 N–H and O–H groups in total. The van der Waals surface area contributed by atoms with E-state index >= 15 is 0 Å². The van der Waals surface area contributed by atoms with Gasteiger partial charge in [-0.2, -0.15) is 0 Å². The highest BCUT2D eigenvalue weighted by Gasteiger charge is 2.27. The van der Waals surface area contributed by atoms with E-state index in [1.54, 1.807) is 24.3 Å². The van der Waals surface area contributed by atoms with Crippen molar-refractivity contribution < 1.29 is 17.6 Å². The normalized spacial score (nSPS) is 12.3. The van der Waals surface area contributed by atoms with Gasteiger partial charge in [-0.15, -0.1) is 0 Å². The molecule has 0 heterocycles. The molecular formula is C29H29FN2O3S. The average Bonchev–Trinajstić information content (AvgIpc) is 2.87. The second kappa shape index (κ2) is 10.9. The van der Waals surface area contributed by atoms with Crippen LogP contribution < -0.4 is 9.62 Å². The second-order valence-corrected chi connectivity index (χ2v) is 10.9. The van der Waals surface area contributed by atoms with Crippen LogP contribution in [-0.2, 0) is 21.2 Å². The molecule has 4 aromatic carbocycles. The fourth-order valence-electron chi connectivity index (χ4n) is 4.15. The maximum absolute atomic E-state index is 13.4. The van der Waals surface area contributed by atoms with Crippen LogP contribution in [0.3, 0.4) is 0 Å². The maximum Gasteiger partial charge on any atom is 0.264 e. The minimum atomic E-state index is -4.08. The number of hydrogen-bond acceptors (Lipinski definition) is 3. The molecule has 0 aliphatic carbocycles. The zero-order valence-corrected chi connectivity index (χ0v) is 21.1. The van der Waals surface area contributed by atoms with E-state index < -0.39 is 21.7 Å². The summed E-state index contributed by atoms with van der Waals surface area (Å²) in [7, 11) is -4.08. The van der Waals surface area contributed by atoms with Crippen LogP contribution in [0.4, 0.5) is 10.1 Å². The van der Waals surface area contributed by atoms with E-state index in [-0.39, 0.29) is 17.4 Å². The van der Waals surface area contributed by atoms with Crippen molar-refractivity contribution in [3.8, 4) is 0 Å². The Morgan fingerprint density at radius 2 is 1.58 bits per heavy atom. The quantitative estimate of drug-likeness (QED) is 0.328. The number of fused-ring (bicyclic) bond motifs is 1. The van der Waals surface area contributed by atoms with E-state index in [1.165, 1.54) is 28.5 Å². The van der Waals surface area contributed by atoms with Crippen LogP contribution in [0.5, 0.6) is 0 Å². The standard InChI is InChI=1S/C29H29FN2O3S/c1-21-10-14-26(15-11-21)32(36(34,35)27-16-12-25(30)13-17-27)20-29(33)31-19-22(2)18-24-8-5-7-23-6-3-4-9-28(23)24/h3-17,22H,18-20H2,1-2H3,(H,31,33). The van der Waals surface area contributed by atoms with Gasteiger partial charge in [-0.25, -0.2) is 12.8 Å². The van der Waals surface area contributed by atoms with Crippen LogP contribution in [0.2, 0.25) is 0 Å². The predicted octanol–water partition coefficient (Wildman–Crippen LogP) is 5.48. The van der Waals surface area contributed by atoms with E-state index in [2.05, 4.69) is 36.5 Å². The number of rotatable bonds is 9. The molecule has 4 rings (SSSR count). The third-order valence-electron chi connectivity index (χ3n) is 6.11. The number of nitrogens with zero attached hydrogens (tertiary/aromatic N) is 1. The second-order valence-electron chi connectivity index (χ2n) is 9.05. The highest BCUT2D eigenvalue weighted by molar-refractivity contribution is 7.92. The Balaban J connectivity index is 1.47. The van der Waals surface area contributed by atoms with Crippen LogP contribution in [0.25, 0.3) is 10.8 Å². The summed E-state index contributed by atoms with van der Waals surface area (Å²) in [6.45, 7) is 3.96. The summed E-state index contributed by atoms with van der Waals surface area (Å²) in [5.41, 5.74) is 2.53. The van der Waals surface area contributed by atoms with Gasteiger partial charge < -0.3 is 5.32 Å². The molecule has 1 atom stereocenters. The largest absolute Gasteiger partial charge is 0.354 e. The third kappa shape index (κ3) is 5.91. The summed E-state index contributed by atoms with van der Waals surface area (Å²) in [6, 6.07) is 25.9. The Morgan fingerprint density at radius 3 is 2.31 bits per heavy atom. The Hall–Kier alpha value is -3.71. The molecule has 0 spiro atoms.